The fraction of sp³-hybridized carbons (Fsp3) is 0.308. The fourth-order valence-electron chi connectivity index (χ4n) is 1.81. The number of nitro groups is 1. The monoisotopic (exact) mass is 293 g/mol. The van der Waals surface area contributed by atoms with Gasteiger partial charge in [-0.1, -0.05) is 6.07 Å². The van der Waals surface area contributed by atoms with Crippen molar-refractivity contribution in [3.63, 3.8) is 0 Å². The van der Waals surface area contributed by atoms with Gasteiger partial charge in [-0.3, -0.25) is 10.1 Å². The molecule has 0 atom stereocenters. The number of hydrogen-bond acceptors (Lipinski definition) is 6. The van der Waals surface area contributed by atoms with E-state index in [0.717, 1.165) is 15.4 Å². The molecule has 0 amide bonds. The maximum Gasteiger partial charge on any atom is 0.311 e. The molecule has 0 aliphatic carbocycles. The highest BCUT2D eigenvalue weighted by Gasteiger charge is 2.14. The average molecular weight is 293 g/mol. The summed E-state index contributed by atoms with van der Waals surface area (Å²) in [5.74, 6) is 0.275. The van der Waals surface area contributed by atoms with Gasteiger partial charge in [0.15, 0.2) is 5.75 Å². The van der Waals surface area contributed by atoms with Gasteiger partial charge in [-0.25, -0.2) is 4.98 Å². The minimum absolute atomic E-state index is 0.0135. The highest BCUT2D eigenvalue weighted by atomic mass is 32.1. The molecule has 6 nitrogen and oxygen atoms in total. The second kappa shape index (κ2) is 6.44. The summed E-state index contributed by atoms with van der Waals surface area (Å²) in [6.45, 7) is 3.22. The molecule has 0 spiro atoms. The number of aromatic nitrogens is 1. The lowest BCUT2D eigenvalue weighted by molar-refractivity contribution is -0.385. The fourth-order valence-corrected chi connectivity index (χ4v) is 2.57. The number of nitro benzene ring substituents is 1. The van der Waals surface area contributed by atoms with Gasteiger partial charge in [-0.2, -0.15) is 0 Å². The number of methoxy groups -OCH3 is 1. The molecule has 7 heteroatoms. The zero-order valence-corrected chi connectivity index (χ0v) is 12.1. The van der Waals surface area contributed by atoms with Crippen LogP contribution in [0.4, 0.5) is 5.69 Å². The third kappa shape index (κ3) is 3.52. The van der Waals surface area contributed by atoms with Crippen molar-refractivity contribution in [2.45, 2.75) is 20.0 Å². The van der Waals surface area contributed by atoms with Gasteiger partial charge in [-0.05, 0) is 18.6 Å². The summed E-state index contributed by atoms with van der Waals surface area (Å²) in [5.41, 5.74) is 0.833. The second-order valence-corrected chi connectivity index (χ2v) is 5.53. The highest BCUT2D eigenvalue weighted by molar-refractivity contribution is 7.11. The van der Waals surface area contributed by atoms with Crippen molar-refractivity contribution in [3.8, 4) is 5.75 Å². The van der Waals surface area contributed by atoms with Crippen LogP contribution in [0.5, 0.6) is 5.75 Å². The van der Waals surface area contributed by atoms with Crippen molar-refractivity contribution in [2.75, 3.05) is 7.11 Å². The van der Waals surface area contributed by atoms with Crippen LogP contribution < -0.4 is 10.1 Å². The van der Waals surface area contributed by atoms with Gasteiger partial charge in [0, 0.05) is 30.2 Å². The third-order valence-electron chi connectivity index (χ3n) is 2.74. The van der Waals surface area contributed by atoms with Gasteiger partial charge in [0.2, 0.25) is 0 Å². The van der Waals surface area contributed by atoms with E-state index in [9.17, 15) is 10.1 Å². The van der Waals surface area contributed by atoms with Crippen LogP contribution in [-0.4, -0.2) is 17.0 Å². The Morgan fingerprint density at radius 1 is 1.45 bits per heavy atom. The number of benzene rings is 1. The average Bonchev–Trinajstić information content (AvgIpc) is 2.84. The molecule has 0 bridgehead atoms. The molecule has 0 unspecified atom stereocenters. The smallest absolute Gasteiger partial charge is 0.311 e. The maximum absolute atomic E-state index is 10.9. The minimum Gasteiger partial charge on any atom is -0.490 e. The summed E-state index contributed by atoms with van der Waals surface area (Å²) < 4.78 is 4.97. The lowest BCUT2D eigenvalue weighted by Crippen LogP contribution is -2.12. The van der Waals surface area contributed by atoms with E-state index >= 15 is 0 Å². The van der Waals surface area contributed by atoms with Gasteiger partial charge >= 0.3 is 5.69 Å². The van der Waals surface area contributed by atoms with Crippen LogP contribution in [0.3, 0.4) is 0 Å². The van der Waals surface area contributed by atoms with E-state index in [4.69, 9.17) is 4.74 Å². The Morgan fingerprint density at radius 2 is 2.25 bits per heavy atom. The molecule has 1 aromatic heterocycles. The summed E-state index contributed by atoms with van der Waals surface area (Å²) in [6, 6.07) is 4.96. The zero-order chi connectivity index (χ0) is 14.5. The molecule has 20 heavy (non-hydrogen) atoms. The van der Waals surface area contributed by atoms with Gasteiger partial charge < -0.3 is 10.1 Å². The highest BCUT2D eigenvalue weighted by Crippen LogP contribution is 2.27. The summed E-state index contributed by atoms with van der Waals surface area (Å²) in [7, 11) is 1.42. The third-order valence-corrected chi connectivity index (χ3v) is 3.65. The van der Waals surface area contributed by atoms with E-state index in [2.05, 4.69) is 10.3 Å². The van der Waals surface area contributed by atoms with Crippen molar-refractivity contribution in [3.05, 3.63) is 50.0 Å². The molecule has 1 N–H and O–H groups in total. The molecule has 0 saturated heterocycles. The van der Waals surface area contributed by atoms with Gasteiger partial charge in [0.1, 0.15) is 0 Å². The lowest BCUT2D eigenvalue weighted by Gasteiger charge is -2.06. The van der Waals surface area contributed by atoms with Crippen molar-refractivity contribution in [1.82, 2.24) is 10.3 Å². The Labute approximate surface area is 120 Å². The topological polar surface area (TPSA) is 77.3 Å². The quantitative estimate of drug-likeness (QED) is 0.654. The summed E-state index contributed by atoms with van der Waals surface area (Å²) in [4.78, 5) is 15.8. The van der Waals surface area contributed by atoms with Gasteiger partial charge in [0.25, 0.3) is 0 Å². The number of rotatable bonds is 6. The molecule has 0 fully saturated rings. The first-order chi connectivity index (χ1) is 9.60. The first-order valence-electron chi connectivity index (χ1n) is 6.03. The Hall–Kier alpha value is -1.99. The van der Waals surface area contributed by atoms with Crippen LogP contribution in [0.2, 0.25) is 0 Å². The molecule has 2 rings (SSSR count). The molecular weight excluding hydrogens is 278 g/mol. The van der Waals surface area contributed by atoms with Crippen molar-refractivity contribution in [1.29, 1.82) is 0 Å². The molecular formula is C13H15N3O3S. The predicted molar refractivity (Wildman–Crippen MR) is 77.0 cm³/mol. The maximum atomic E-state index is 10.9. The number of aryl methyl sites for hydroxylation is 1. The van der Waals surface area contributed by atoms with E-state index in [1.807, 2.05) is 19.2 Å². The van der Waals surface area contributed by atoms with E-state index < -0.39 is 4.92 Å². The summed E-state index contributed by atoms with van der Waals surface area (Å²) in [6.07, 6.45) is 1.84. The standard InChI is InChI=1S/C13H15N3O3S/c1-9-15-8-11(20-9)7-14-6-10-3-4-13(19-2)12(5-10)16(17)18/h3-5,8,14H,6-7H2,1-2H3. The van der Waals surface area contributed by atoms with Crippen molar-refractivity contribution in [2.24, 2.45) is 0 Å². The normalized spacial score (nSPS) is 10.5. The number of thiazole rings is 1. The SMILES string of the molecule is COc1ccc(CNCc2cnc(C)s2)cc1[N+](=O)[O-]. The van der Waals surface area contributed by atoms with Gasteiger partial charge in [0.05, 0.1) is 17.0 Å². The lowest BCUT2D eigenvalue weighted by atomic mass is 10.2. The summed E-state index contributed by atoms with van der Waals surface area (Å²) >= 11 is 1.64. The van der Waals surface area contributed by atoms with E-state index in [-0.39, 0.29) is 11.4 Å². The van der Waals surface area contributed by atoms with Gasteiger partial charge in [-0.15, -0.1) is 11.3 Å². The van der Waals surface area contributed by atoms with Crippen LogP contribution in [0, 0.1) is 17.0 Å². The van der Waals surface area contributed by atoms with Crippen molar-refractivity contribution >= 4 is 17.0 Å². The Bertz CT molecular complexity index is 613. The van der Waals surface area contributed by atoms with Crippen LogP contribution >= 0.6 is 11.3 Å². The number of hydrogen-bond donors (Lipinski definition) is 1. The molecule has 0 saturated carbocycles. The van der Waals surface area contributed by atoms with Crippen LogP contribution in [0.15, 0.2) is 24.4 Å². The molecule has 0 aliphatic rings. The van der Waals surface area contributed by atoms with Crippen LogP contribution in [-0.2, 0) is 13.1 Å². The Morgan fingerprint density at radius 3 is 2.85 bits per heavy atom. The molecule has 0 aliphatic heterocycles. The number of nitrogens with one attached hydrogen (secondary N) is 1. The zero-order valence-electron chi connectivity index (χ0n) is 11.3. The van der Waals surface area contributed by atoms with Crippen molar-refractivity contribution < 1.29 is 9.66 Å². The number of nitrogens with zero attached hydrogens (tertiary/aromatic N) is 2. The second-order valence-electron chi connectivity index (χ2n) is 4.21. The van der Waals surface area contributed by atoms with E-state index in [0.29, 0.717) is 13.1 Å². The van der Waals surface area contributed by atoms with E-state index in [1.54, 1.807) is 17.4 Å². The van der Waals surface area contributed by atoms with Crippen LogP contribution in [0.1, 0.15) is 15.4 Å². The Kier molecular flexibility index (Phi) is 4.65. The molecule has 1 heterocycles. The molecule has 0 radical (unpaired) electrons. The van der Waals surface area contributed by atoms with Crippen LogP contribution in [0.25, 0.3) is 0 Å². The molecule has 106 valence electrons. The predicted octanol–water partition coefficient (Wildman–Crippen LogP) is 2.66. The van der Waals surface area contributed by atoms with E-state index in [1.165, 1.54) is 13.2 Å². The molecule has 1 aromatic carbocycles. The Balaban J connectivity index is 1.99. The minimum atomic E-state index is -0.436. The first kappa shape index (κ1) is 14.4. The molecule has 2 aromatic rings. The largest absolute Gasteiger partial charge is 0.490 e. The summed E-state index contributed by atoms with van der Waals surface area (Å²) in [5, 5.41) is 15.2. The first-order valence-corrected chi connectivity index (χ1v) is 6.85. The number of ether oxygens (including phenoxy) is 1.